The molecule has 1 fully saturated rings. The van der Waals surface area contributed by atoms with Gasteiger partial charge in [0.15, 0.2) is 0 Å². The number of likely N-dealkylation sites (N-methyl/N-ethyl adjacent to an activating group) is 1. The van der Waals surface area contributed by atoms with Crippen molar-refractivity contribution in [3.8, 4) is 0 Å². The molecular formula is C12H15BrN2O. The molecule has 0 aromatic heterocycles. The van der Waals surface area contributed by atoms with E-state index in [0.717, 1.165) is 29.5 Å². The molecule has 1 heterocycles. The van der Waals surface area contributed by atoms with E-state index in [0.29, 0.717) is 0 Å². The molecule has 0 radical (unpaired) electrons. The van der Waals surface area contributed by atoms with Crippen molar-refractivity contribution in [2.75, 3.05) is 18.9 Å². The van der Waals surface area contributed by atoms with E-state index >= 15 is 0 Å². The third kappa shape index (κ3) is 2.44. The number of nitrogens with one attached hydrogen (secondary N) is 1. The highest BCUT2D eigenvalue weighted by atomic mass is 79.9. The molecule has 1 aliphatic rings. The fourth-order valence-electron chi connectivity index (χ4n) is 2.02. The minimum absolute atomic E-state index is 0.0205. The second-order valence-electron chi connectivity index (χ2n) is 4.11. The molecular weight excluding hydrogens is 268 g/mol. The van der Waals surface area contributed by atoms with E-state index in [1.165, 1.54) is 0 Å². The van der Waals surface area contributed by atoms with Crippen molar-refractivity contribution in [2.24, 2.45) is 0 Å². The first-order chi connectivity index (χ1) is 7.68. The number of rotatable bonds is 2. The average Bonchev–Trinajstić information content (AvgIpc) is 2.68. The lowest BCUT2D eigenvalue weighted by Gasteiger charge is -2.19. The highest BCUT2D eigenvalue weighted by Gasteiger charge is 2.27. The van der Waals surface area contributed by atoms with Gasteiger partial charge in [-0.3, -0.25) is 9.69 Å². The number of anilines is 1. The Morgan fingerprint density at radius 3 is 2.88 bits per heavy atom. The molecule has 1 aliphatic heterocycles. The Kier molecular flexibility index (Phi) is 3.61. The van der Waals surface area contributed by atoms with Crippen molar-refractivity contribution in [2.45, 2.75) is 18.9 Å². The smallest absolute Gasteiger partial charge is 0.241 e. The SMILES string of the molecule is CN1CCCC1C(=O)Nc1ccccc1Br. The highest BCUT2D eigenvalue weighted by molar-refractivity contribution is 9.10. The monoisotopic (exact) mass is 282 g/mol. The summed E-state index contributed by atoms with van der Waals surface area (Å²) in [6.45, 7) is 1.01. The summed E-state index contributed by atoms with van der Waals surface area (Å²) in [4.78, 5) is 14.1. The van der Waals surface area contributed by atoms with Gasteiger partial charge in [-0.2, -0.15) is 0 Å². The lowest BCUT2D eigenvalue weighted by molar-refractivity contribution is -0.119. The Labute approximate surface area is 104 Å². The van der Waals surface area contributed by atoms with Crippen LogP contribution in [0.3, 0.4) is 0 Å². The third-order valence-corrected chi connectivity index (χ3v) is 3.65. The minimum atomic E-state index is 0.0205. The summed E-state index contributed by atoms with van der Waals surface area (Å²) in [5.41, 5.74) is 0.841. The van der Waals surface area contributed by atoms with Crippen molar-refractivity contribution in [3.63, 3.8) is 0 Å². The number of halogens is 1. The topological polar surface area (TPSA) is 32.3 Å². The van der Waals surface area contributed by atoms with Crippen LogP contribution in [0.4, 0.5) is 5.69 Å². The normalized spacial score (nSPS) is 21.0. The van der Waals surface area contributed by atoms with Crippen molar-refractivity contribution in [3.05, 3.63) is 28.7 Å². The van der Waals surface area contributed by atoms with Gasteiger partial charge in [0.2, 0.25) is 5.91 Å². The Bertz CT molecular complexity index is 394. The number of amides is 1. The molecule has 0 spiro atoms. The van der Waals surface area contributed by atoms with Gasteiger partial charge in [0.05, 0.1) is 11.7 Å². The first kappa shape index (κ1) is 11.6. The lowest BCUT2D eigenvalue weighted by atomic mass is 10.2. The molecule has 1 N–H and O–H groups in total. The summed E-state index contributed by atoms with van der Waals surface area (Å²) < 4.78 is 0.920. The standard InChI is InChI=1S/C12H15BrN2O/c1-15-8-4-7-11(15)12(16)14-10-6-3-2-5-9(10)13/h2-3,5-6,11H,4,7-8H2,1H3,(H,14,16). The van der Waals surface area contributed by atoms with Crippen LogP contribution < -0.4 is 5.32 Å². The largest absolute Gasteiger partial charge is 0.324 e. The number of para-hydroxylation sites is 1. The Morgan fingerprint density at radius 2 is 2.25 bits per heavy atom. The molecule has 4 heteroatoms. The summed E-state index contributed by atoms with van der Waals surface area (Å²) in [7, 11) is 2.00. The quantitative estimate of drug-likeness (QED) is 0.904. The van der Waals surface area contributed by atoms with E-state index in [-0.39, 0.29) is 11.9 Å². The van der Waals surface area contributed by atoms with E-state index in [4.69, 9.17) is 0 Å². The molecule has 86 valence electrons. The van der Waals surface area contributed by atoms with E-state index in [1.54, 1.807) is 0 Å². The summed E-state index contributed by atoms with van der Waals surface area (Å²) in [5.74, 6) is 0.0897. The number of benzene rings is 1. The number of likely N-dealkylation sites (tertiary alicyclic amines) is 1. The average molecular weight is 283 g/mol. The maximum Gasteiger partial charge on any atom is 0.241 e. The fourth-order valence-corrected chi connectivity index (χ4v) is 2.40. The van der Waals surface area contributed by atoms with Crippen molar-refractivity contribution in [1.29, 1.82) is 0 Å². The van der Waals surface area contributed by atoms with Crippen LogP contribution in [0, 0.1) is 0 Å². The lowest BCUT2D eigenvalue weighted by Crippen LogP contribution is -2.37. The van der Waals surface area contributed by atoms with E-state index in [1.807, 2.05) is 31.3 Å². The molecule has 1 saturated heterocycles. The molecule has 2 rings (SSSR count). The number of carbonyl (C=O) groups excluding carboxylic acids is 1. The van der Waals surface area contributed by atoms with Crippen LogP contribution in [-0.2, 0) is 4.79 Å². The summed E-state index contributed by atoms with van der Waals surface area (Å²) in [6, 6.07) is 7.69. The van der Waals surface area contributed by atoms with Gasteiger partial charge >= 0.3 is 0 Å². The summed E-state index contributed by atoms with van der Waals surface area (Å²) >= 11 is 3.42. The van der Waals surface area contributed by atoms with Crippen LogP contribution in [0.2, 0.25) is 0 Å². The zero-order valence-corrected chi connectivity index (χ0v) is 10.8. The maximum atomic E-state index is 12.0. The molecule has 16 heavy (non-hydrogen) atoms. The van der Waals surface area contributed by atoms with Gasteiger partial charge in [0.25, 0.3) is 0 Å². The van der Waals surface area contributed by atoms with E-state index in [9.17, 15) is 4.79 Å². The molecule has 0 saturated carbocycles. The predicted molar refractivity (Wildman–Crippen MR) is 68.4 cm³/mol. The van der Waals surface area contributed by atoms with Gasteiger partial charge in [0.1, 0.15) is 0 Å². The van der Waals surface area contributed by atoms with Crippen LogP contribution in [-0.4, -0.2) is 30.4 Å². The van der Waals surface area contributed by atoms with Crippen LogP contribution in [0.25, 0.3) is 0 Å². The van der Waals surface area contributed by atoms with Crippen LogP contribution >= 0.6 is 15.9 Å². The molecule has 0 bridgehead atoms. The second kappa shape index (κ2) is 4.97. The van der Waals surface area contributed by atoms with Crippen molar-refractivity contribution < 1.29 is 4.79 Å². The maximum absolute atomic E-state index is 12.0. The Morgan fingerprint density at radius 1 is 1.50 bits per heavy atom. The van der Waals surface area contributed by atoms with Crippen LogP contribution in [0.1, 0.15) is 12.8 Å². The molecule has 1 amide bonds. The van der Waals surface area contributed by atoms with Gasteiger partial charge in [-0.25, -0.2) is 0 Å². The molecule has 3 nitrogen and oxygen atoms in total. The molecule has 1 atom stereocenters. The van der Waals surface area contributed by atoms with Gasteiger partial charge in [-0.1, -0.05) is 12.1 Å². The Balaban J connectivity index is 2.05. The van der Waals surface area contributed by atoms with Gasteiger partial charge in [-0.15, -0.1) is 0 Å². The van der Waals surface area contributed by atoms with Gasteiger partial charge in [0, 0.05) is 4.47 Å². The minimum Gasteiger partial charge on any atom is -0.324 e. The zero-order valence-electron chi connectivity index (χ0n) is 9.24. The van der Waals surface area contributed by atoms with Crippen LogP contribution in [0.15, 0.2) is 28.7 Å². The van der Waals surface area contributed by atoms with Crippen LogP contribution in [0.5, 0.6) is 0 Å². The molecule has 0 aliphatic carbocycles. The van der Waals surface area contributed by atoms with Crippen molar-refractivity contribution >= 4 is 27.5 Å². The predicted octanol–water partition coefficient (Wildman–Crippen LogP) is 2.48. The van der Waals surface area contributed by atoms with Crippen molar-refractivity contribution in [1.82, 2.24) is 4.90 Å². The molecule has 1 aromatic rings. The summed E-state index contributed by atoms with van der Waals surface area (Å²) in [6.07, 6.45) is 2.05. The van der Waals surface area contributed by atoms with Gasteiger partial charge in [-0.05, 0) is 54.5 Å². The highest BCUT2D eigenvalue weighted by Crippen LogP contribution is 2.23. The van der Waals surface area contributed by atoms with Gasteiger partial charge < -0.3 is 5.32 Å². The number of hydrogen-bond acceptors (Lipinski definition) is 2. The third-order valence-electron chi connectivity index (χ3n) is 2.95. The molecule has 1 aromatic carbocycles. The van der Waals surface area contributed by atoms with E-state index in [2.05, 4.69) is 26.1 Å². The number of carbonyl (C=O) groups is 1. The summed E-state index contributed by atoms with van der Waals surface area (Å²) in [5, 5.41) is 2.96. The fraction of sp³-hybridized carbons (Fsp3) is 0.417. The number of nitrogens with zero attached hydrogens (tertiary/aromatic N) is 1. The Hall–Kier alpha value is -0.870. The zero-order chi connectivity index (χ0) is 11.5. The number of hydrogen-bond donors (Lipinski definition) is 1. The first-order valence-electron chi connectivity index (χ1n) is 5.44. The van der Waals surface area contributed by atoms with E-state index < -0.39 is 0 Å². The molecule has 1 unspecified atom stereocenters. The second-order valence-corrected chi connectivity index (χ2v) is 4.96. The first-order valence-corrected chi connectivity index (χ1v) is 6.23.